The molecule has 4 heteroatoms. The summed E-state index contributed by atoms with van der Waals surface area (Å²) in [5, 5.41) is 9.24. The number of nitrogens with one attached hydrogen (secondary N) is 2. The minimum absolute atomic E-state index is 0.125. The van der Waals surface area contributed by atoms with Crippen LogP contribution >= 0.6 is 0 Å². The average Bonchev–Trinajstić information content (AvgIpc) is 2.30. The summed E-state index contributed by atoms with van der Waals surface area (Å²) in [6.07, 6.45) is 3.73. The largest absolute Gasteiger partial charge is 0.393 e. The molecule has 0 aliphatic carbocycles. The second-order valence-electron chi connectivity index (χ2n) is 3.02. The first kappa shape index (κ1) is 17.2. The van der Waals surface area contributed by atoms with Gasteiger partial charge in [0.05, 0.1) is 12.7 Å². The van der Waals surface area contributed by atoms with E-state index in [1.165, 1.54) is 0 Å². The van der Waals surface area contributed by atoms with Crippen LogP contribution in [-0.2, 0) is 4.84 Å². The molecule has 0 aliphatic rings. The van der Waals surface area contributed by atoms with E-state index in [-0.39, 0.29) is 6.10 Å². The van der Waals surface area contributed by atoms with Crippen molar-refractivity contribution >= 4 is 0 Å². The molecule has 0 saturated carbocycles. The Morgan fingerprint density at radius 1 is 1.20 bits per heavy atom. The van der Waals surface area contributed by atoms with E-state index in [9.17, 15) is 5.11 Å². The van der Waals surface area contributed by atoms with Crippen molar-refractivity contribution in [3.8, 4) is 0 Å². The molecule has 0 aromatic rings. The first-order valence-electron chi connectivity index (χ1n) is 6.09. The zero-order valence-electron chi connectivity index (χ0n) is 10.7. The van der Waals surface area contributed by atoms with Crippen molar-refractivity contribution in [2.24, 2.45) is 0 Å². The third-order valence-electron chi connectivity index (χ3n) is 1.85. The summed E-state index contributed by atoms with van der Waals surface area (Å²) < 4.78 is 0. The Hall–Kier alpha value is -0.160. The van der Waals surface area contributed by atoms with Crippen molar-refractivity contribution in [1.82, 2.24) is 11.0 Å². The van der Waals surface area contributed by atoms with Crippen LogP contribution in [0.3, 0.4) is 0 Å². The Kier molecular flexibility index (Phi) is 18.7. The van der Waals surface area contributed by atoms with Crippen LogP contribution in [-0.4, -0.2) is 24.4 Å². The smallest absolute Gasteiger partial charge is 0.0670 e. The maximum atomic E-state index is 9.24. The Bertz CT molecular complexity index is 103. The summed E-state index contributed by atoms with van der Waals surface area (Å²) >= 11 is 0. The quantitative estimate of drug-likeness (QED) is 0.411. The second kappa shape index (κ2) is 16.3. The highest BCUT2D eigenvalue weighted by atomic mass is 16.7. The van der Waals surface area contributed by atoms with Gasteiger partial charge >= 0.3 is 0 Å². The van der Waals surface area contributed by atoms with Crippen LogP contribution in [0.25, 0.3) is 0 Å². The van der Waals surface area contributed by atoms with Crippen LogP contribution in [0.1, 0.15) is 53.4 Å². The fourth-order valence-corrected chi connectivity index (χ4v) is 0.972. The minimum atomic E-state index is -0.125. The molecule has 0 aliphatic heterocycles. The average molecular weight is 220 g/mol. The summed E-state index contributed by atoms with van der Waals surface area (Å²) in [7, 11) is 0. The minimum Gasteiger partial charge on any atom is -0.393 e. The number of hydrogen-bond donors (Lipinski definition) is 3. The highest BCUT2D eigenvalue weighted by Crippen LogP contribution is 2.02. The van der Waals surface area contributed by atoms with Gasteiger partial charge in [0.15, 0.2) is 0 Å². The lowest BCUT2D eigenvalue weighted by atomic mass is 10.1. The van der Waals surface area contributed by atoms with Crippen molar-refractivity contribution in [3.63, 3.8) is 0 Å². The predicted molar refractivity (Wildman–Crippen MR) is 64.3 cm³/mol. The molecule has 0 radical (unpaired) electrons. The molecule has 0 spiro atoms. The topological polar surface area (TPSA) is 53.5 Å². The van der Waals surface area contributed by atoms with Crippen molar-refractivity contribution in [2.75, 3.05) is 13.2 Å². The first-order chi connectivity index (χ1) is 7.31. The zero-order chi connectivity index (χ0) is 11.9. The van der Waals surface area contributed by atoms with Gasteiger partial charge in [0.25, 0.3) is 0 Å². The molecule has 94 valence electrons. The van der Waals surface area contributed by atoms with E-state index in [2.05, 4.69) is 11.0 Å². The molecule has 0 unspecified atom stereocenters. The van der Waals surface area contributed by atoms with Gasteiger partial charge in [0, 0.05) is 6.54 Å². The Balaban J connectivity index is 0. The molecule has 15 heavy (non-hydrogen) atoms. The number of hydrogen-bond acceptors (Lipinski definition) is 4. The standard InChI is InChI=1S/C9H22N2O2.C2H6/c1-3-9(12)7-5-6-8-10-11-13-4-2;1-2/h9-12H,3-8H2,1-2H3;1-2H3/t9-;/m1./s1. The highest BCUT2D eigenvalue weighted by molar-refractivity contribution is 4.52. The Labute approximate surface area is 94.3 Å². The molecule has 0 fully saturated rings. The fourth-order valence-electron chi connectivity index (χ4n) is 0.972. The van der Waals surface area contributed by atoms with Crippen LogP contribution < -0.4 is 11.0 Å². The maximum Gasteiger partial charge on any atom is 0.0670 e. The van der Waals surface area contributed by atoms with E-state index in [0.29, 0.717) is 6.61 Å². The van der Waals surface area contributed by atoms with Crippen LogP contribution in [0.15, 0.2) is 0 Å². The molecule has 3 N–H and O–H groups in total. The second-order valence-corrected chi connectivity index (χ2v) is 3.02. The van der Waals surface area contributed by atoms with Gasteiger partial charge in [-0.05, 0) is 32.6 Å². The molecule has 0 bridgehead atoms. The lowest BCUT2D eigenvalue weighted by Crippen LogP contribution is -2.32. The van der Waals surface area contributed by atoms with Gasteiger partial charge in [-0.1, -0.05) is 20.8 Å². The first-order valence-corrected chi connectivity index (χ1v) is 6.09. The molecule has 1 atom stereocenters. The highest BCUT2D eigenvalue weighted by Gasteiger charge is 1.98. The van der Waals surface area contributed by atoms with Crippen molar-refractivity contribution in [1.29, 1.82) is 0 Å². The SMILES string of the molecule is CC.CCONNCCCC[C@H](O)CC. The molecule has 4 nitrogen and oxygen atoms in total. The number of hydrazine groups is 1. The van der Waals surface area contributed by atoms with Gasteiger partial charge < -0.3 is 5.11 Å². The lowest BCUT2D eigenvalue weighted by molar-refractivity contribution is 0.0190. The molecule has 0 aromatic carbocycles. The number of aliphatic hydroxyl groups excluding tert-OH is 1. The third-order valence-corrected chi connectivity index (χ3v) is 1.85. The summed E-state index contributed by atoms with van der Waals surface area (Å²) in [4.78, 5) is 4.87. The predicted octanol–water partition coefficient (Wildman–Crippen LogP) is 2.00. The van der Waals surface area contributed by atoms with Gasteiger partial charge in [-0.3, -0.25) is 4.84 Å². The fraction of sp³-hybridized carbons (Fsp3) is 1.00. The molecule has 0 saturated heterocycles. The van der Waals surface area contributed by atoms with Crippen molar-refractivity contribution in [2.45, 2.75) is 59.5 Å². The lowest BCUT2D eigenvalue weighted by Gasteiger charge is -2.08. The maximum absolute atomic E-state index is 9.24. The van der Waals surface area contributed by atoms with Crippen LogP contribution in [0.4, 0.5) is 0 Å². The van der Waals surface area contributed by atoms with Crippen LogP contribution in [0.2, 0.25) is 0 Å². The molecular weight excluding hydrogens is 192 g/mol. The van der Waals surface area contributed by atoms with Gasteiger partial charge in [-0.25, -0.2) is 5.43 Å². The van der Waals surface area contributed by atoms with Crippen LogP contribution in [0.5, 0.6) is 0 Å². The van der Waals surface area contributed by atoms with E-state index >= 15 is 0 Å². The van der Waals surface area contributed by atoms with Gasteiger partial charge in [-0.15, -0.1) is 5.59 Å². The van der Waals surface area contributed by atoms with Gasteiger partial charge in [0.2, 0.25) is 0 Å². The number of aliphatic hydroxyl groups is 1. The normalized spacial score (nSPS) is 11.8. The van der Waals surface area contributed by atoms with Crippen molar-refractivity contribution < 1.29 is 9.94 Å². The molecular formula is C11H28N2O2. The summed E-state index contributed by atoms with van der Waals surface area (Å²) in [6.45, 7) is 9.45. The molecule has 0 heterocycles. The van der Waals surface area contributed by atoms with E-state index in [1.807, 2.05) is 27.7 Å². The zero-order valence-corrected chi connectivity index (χ0v) is 10.7. The number of rotatable bonds is 9. The molecule has 0 aromatic heterocycles. The number of unbranched alkanes of at least 4 members (excludes halogenated alkanes) is 1. The van der Waals surface area contributed by atoms with E-state index in [1.54, 1.807) is 0 Å². The Morgan fingerprint density at radius 2 is 1.87 bits per heavy atom. The van der Waals surface area contributed by atoms with Crippen LogP contribution in [0, 0.1) is 0 Å². The van der Waals surface area contributed by atoms with Gasteiger partial charge in [-0.2, -0.15) is 0 Å². The molecule has 0 amide bonds. The van der Waals surface area contributed by atoms with Crippen molar-refractivity contribution in [3.05, 3.63) is 0 Å². The Morgan fingerprint density at radius 3 is 2.40 bits per heavy atom. The van der Waals surface area contributed by atoms with E-state index in [0.717, 1.165) is 32.2 Å². The summed E-state index contributed by atoms with van der Waals surface area (Å²) in [6, 6.07) is 0. The van der Waals surface area contributed by atoms with E-state index < -0.39 is 0 Å². The summed E-state index contributed by atoms with van der Waals surface area (Å²) in [5.74, 6) is 0. The van der Waals surface area contributed by atoms with Gasteiger partial charge in [0.1, 0.15) is 0 Å². The third kappa shape index (κ3) is 16.5. The summed E-state index contributed by atoms with van der Waals surface area (Å²) in [5.41, 5.74) is 5.55. The van der Waals surface area contributed by atoms with E-state index in [4.69, 9.17) is 4.84 Å². The molecule has 0 rings (SSSR count). The monoisotopic (exact) mass is 220 g/mol.